The Kier molecular flexibility index (Phi) is 2.63. The van der Waals surface area contributed by atoms with Crippen molar-refractivity contribution in [2.75, 3.05) is 12.8 Å². The van der Waals surface area contributed by atoms with Gasteiger partial charge in [0.25, 0.3) is 0 Å². The van der Waals surface area contributed by atoms with Crippen LogP contribution < -0.4 is 10.5 Å². The van der Waals surface area contributed by atoms with Crippen LogP contribution in [-0.4, -0.2) is 11.7 Å². The molecule has 1 heterocycles. The largest absolute Gasteiger partial charge is 0.497 e. The molecule has 78 valence electrons. The second-order valence-corrected chi connectivity index (χ2v) is 3.47. The van der Waals surface area contributed by atoms with E-state index in [2.05, 4.69) is 16.7 Å². The van der Waals surface area contributed by atoms with Crippen molar-refractivity contribution in [1.29, 1.82) is 0 Å². The third-order valence-corrected chi connectivity index (χ3v) is 2.30. The summed E-state index contributed by atoms with van der Waals surface area (Å²) in [6, 6.07) is 9.91. The molecule has 0 fully saturated rings. The van der Waals surface area contributed by atoms with Gasteiger partial charge in [-0.15, -0.1) is 0 Å². The Hall–Kier alpha value is -1.90. The maximum absolute atomic E-state index is 5.64. The fourth-order valence-electron chi connectivity index (χ4n) is 1.50. The molecule has 3 nitrogen and oxygen atoms in total. The average Bonchev–Trinajstić information content (AvgIpc) is 2.65. The Balaban J connectivity index is 2.11. The van der Waals surface area contributed by atoms with Crippen LogP contribution in [0.1, 0.15) is 5.56 Å². The summed E-state index contributed by atoms with van der Waals surface area (Å²) < 4.78 is 7.15. The molecule has 2 rings (SSSR count). The molecule has 0 saturated carbocycles. The number of nitrogens with two attached hydrogens (primary N) is 1. The molecule has 15 heavy (non-hydrogen) atoms. The first-order valence-corrected chi connectivity index (χ1v) is 4.82. The molecule has 0 unspecified atom stereocenters. The third kappa shape index (κ3) is 2.31. The second kappa shape index (κ2) is 4.09. The fraction of sp³-hybridized carbons (Fsp3) is 0.167. The number of aromatic nitrogens is 1. The van der Waals surface area contributed by atoms with Crippen LogP contribution in [0.25, 0.3) is 0 Å². The summed E-state index contributed by atoms with van der Waals surface area (Å²) in [4.78, 5) is 0. The summed E-state index contributed by atoms with van der Waals surface area (Å²) >= 11 is 0. The summed E-state index contributed by atoms with van der Waals surface area (Å²) in [6.07, 6.45) is 3.89. The molecule has 1 aromatic heterocycles. The van der Waals surface area contributed by atoms with Crippen LogP contribution in [-0.2, 0) is 6.54 Å². The predicted molar refractivity (Wildman–Crippen MR) is 60.9 cm³/mol. The molecule has 1 aromatic carbocycles. The number of hydrogen-bond acceptors (Lipinski definition) is 2. The van der Waals surface area contributed by atoms with Gasteiger partial charge >= 0.3 is 0 Å². The number of rotatable bonds is 3. The SMILES string of the molecule is COc1ccc(Cn2ccc(N)c2)cc1. The zero-order chi connectivity index (χ0) is 10.7. The molecular weight excluding hydrogens is 188 g/mol. The summed E-state index contributed by atoms with van der Waals surface area (Å²) in [6.45, 7) is 0.835. The summed E-state index contributed by atoms with van der Waals surface area (Å²) in [5, 5.41) is 0. The van der Waals surface area contributed by atoms with E-state index in [9.17, 15) is 0 Å². The first kappa shape index (κ1) is 9.65. The van der Waals surface area contributed by atoms with Gasteiger partial charge in [-0.25, -0.2) is 0 Å². The van der Waals surface area contributed by atoms with E-state index >= 15 is 0 Å². The lowest BCUT2D eigenvalue weighted by Crippen LogP contribution is -1.96. The van der Waals surface area contributed by atoms with Gasteiger partial charge in [0.2, 0.25) is 0 Å². The van der Waals surface area contributed by atoms with Crippen LogP contribution >= 0.6 is 0 Å². The van der Waals surface area contributed by atoms with Crippen molar-refractivity contribution in [3.63, 3.8) is 0 Å². The van der Waals surface area contributed by atoms with E-state index < -0.39 is 0 Å². The first-order valence-electron chi connectivity index (χ1n) is 4.82. The first-order chi connectivity index (χ1) is 7.28. The lowest BCUT2D eigenvalue weighted by atomic mass is 10.2. The molecule has 2 aromatic rings. The zero-order valence-electron chi connectivity index (χ0n) is 8.68. The molecule has 0 spiro atoms. The quantitative estimate of drug-likeness (QED) is 0.828. The number of ether oxygens (including phenoxy) is 1. The van der Waals surface area contributed by atoms with Gasteiger partial charge in [-0.2, -0.15) is 0 Å². The van der Waals surface area contributed by atoms with Crippen LogP contribution in [0.2, 0.25) is 0 Å². The monoisotopic (exact) mass is 202 g/mol. The van der Waals surface area contributed by atoms with Crippen molar-refractivity contribution >= 4 is 5.69 Å². The van der Waals surface area contributed by atoms with Crippen LogP contribution in [0.5, 0.6) is 5.75 Å². The van der Waals surface area contributed by atoms with Crippen LogP contribution in [0.3, 0.4) is 0 Å². The molecule has 0 atom stereocenters. The van der Waals surface area contributed by atoms with E-state index in [4.69, 9.17) is 10.5 Å². The van der Waals surface area contributed by atoms with E-state index in [-0.39, 0.29) is 0 Å². The van der Waals surface area contributed by atoms with Gasteiger partial charge < -0.3 is 15.0 Å². The van der Waals surface area contributed by atoms with Crippen molar-refractivity contribution in [2.24, 2.45) is 0 Å². The molecule has 2 N–H and O–H groups in total. The van der Waals surface area contributed by atoms with Gasteiger partial charge in [-0.3, -0.25) is 0 Å². The Morgan fingerprint density at radius 3 is 2.47 bits per heavy atom. The van der Waals surface area contributed by atoms with E-state index in [0.717, 1.165) is 18.0 Å². The molecule has 3 heteroatoms. The Bertz CT molecular complexity index is 431. The minimum absolute atomic E-state index is 0.795. The van der Waals surface area contributed by atoms with Gasteiger partial charge in [0.05, 0.1) is 7.11 Å². The molecule has 0 radical (unpaired) electrons. The van der Waals surface area contributed by atoms with Gasteiger partial charge in [-0.05, 0) is 23.8 Å². The van der Waals surface area contributed by atoms with Crippen LogP contribution in [0.4, 0.5) is 5.69 Å². The van der Waals surface area contributed by atoms with Crippen LogP contribution in [0, 0.1) is 0 Å². The van der Waals surface area contributed by atoms with Crippen molar-refractivity contribution < 1.29 is 4.74 Å². The fourth-order valence-corrected chi connectivity index (χ4v) is 1.50. The highest BCUT2D eigenvalue weighted by atomic mass is 16.5. The van der Waals surface area contributed by atoms with E-state index in [1.54, 1.807) is 7.11 Å². The van der Waals surface area contributed by atoms with E-state index in [0.29, 0.717) is 0 Å². The standard InChI is InChI=1S/C12H14N2O/c1-15-12-4-2-10(3-5-12)8-14-7-6-11(13)9-14/h2-7,9H,8,13H2,1H3. The summed E-state index contributed by atoms with van der Waals surface area (Å²) in [7, 11) is 1.67. The van der Waals surface area contributed by atoms with Crippen molar-refractivity contribution in [3.8, 4) is 5.75 Å². The molecule has 0 saturated heterocycles. The van der Waals surface area contributed by atoms with Crippen molar-refractivity contribution in [2.45, 2.75) is 6.54 Å². The van der Waals surface area contributed by atoms with Gasteiger partial charge in [0.15, 0.2) is 0 Å². The average molecular weight is 202 g/mol. The number of anilines is 1. The Morgan fingerprint density at radius 2 is 1.93 bits per heavy atom. The number of hydrogen-bond donors (Lipinski definition) is 1. The van der Waals surface area contributed by atoms with E-state index in [1.165, 1.54) is 5.56 Å². The molecule has 0 aliphatic carbocycles. The van der Waals surface area contributed by atoms with E-state index in [1.807, 2.05) is 30.6 Å². The number of benzene rings is 1. The molecular formula is C12H14N2O. The molecule has 0 amide bonds. The number of nitrogen functional groups attached to an aromatic ring is 1. The zero-order valence-corrected chi connectivity index (χ0v) is 8.68. The smallest absolute Gasteiger partial charge is 0.118 e. The Morgan fingerprint density at radius 1 is 1.20 bits per heavy atom. The topological polar surface area (TPSA) is 40.2 Å². The number of nitrogens with zero attached hydrogens (tertiary/aromatic N) is 1. The highest BCUT2D eigenvalue weighted by Gasteiger charge is 1.96. The van der Waals surface area contributed by atoms with Crippen LogP contribution in [0.15, 0.2) is 42.7 Å². The van der Waals surface area contributed by atoms with Gasteiger partial charge in [0, 0.05) is 24.6 Å². The van der Waals surface area contributed by atoms with Gasteiger partial charge in [0.1, 0.15) is 5.75 Å². The predicted octanol–water partition coefficient (Wildman–Crippen LogP) is 2.13. The highest BCUT2D eigenvalue weighted by Crippen LogP contribution is 2.13. The Labute approximate surface area is 89.1 Å². The number of methoxy groups -OCH3 is 1. The molecule has 0 bridgehead atoms. The van der Waals surface area contributed by atoms with Crippen molar-refractivity contribution in [3.05, 3.63) is 48.3 Å². The van der Waals surface area contributed by atoms with Crippen molar-refractivity contribution in [1.82, 2.24) is 4.57 Å². The minimum Gasteiger partial charge on any atom is -0.497 e. The lowest BCUT2D eigenvalue weighted by Gasteiger charge is -2.04. The highest BCUT2D eigenvalue weighted by molar-refractivity contribution is 5.35. The molecule has 0 aliphatic heterocycles. The minimum atomic E-state index is 0.795. The normalized spacial score (nSPS) is 10.2. The molecule has 0 aliphatic rings. The van der Waals surface area contributed by atoms with Gasteiger partial charge in [-0.1, -0.05) is 12.1 Å². The maximum Gasteiger partial charge on any atom is 0.118 e. The summed E-state index contributed by atoms with van der Waals surface area (Å²) in [5.74, 6) is 0.880. The lowest BCUT2D eigenvalue weighted by molar-refractivity contribution is 0.414. The maximum atomic E-state index is 5.64. The summed E-state index contributed by atoms with van der Waals surface area (Å²) in [5.41, 5.74) is 7.66. The second-order valence-electron chi connectivity index (χ2n) is 3.47. The third-order valence-electron chi connectivity index (χ3n) is 2.30.